The SMILES string of the molecule is CC1CS(=O)(=O)CCN1c1cccc(F)n1. The second kappa shape index (κ2) is 4.01. The third kappa shape index (κ3) is 2.32. The van der Waals surface area contributed by atoms with Crippen molar-refractivity contribution in [1.82, 2.24) is 4.98 Å². The van der Waals surface area contributed by atoms with Crippen LogP contribution in [0, 0.1) is 5.95 Å². The van der Waals surface area contributed by atoms with Crippen molar-refractivity contribution < 1.29 is 12.8 Å². The van der Waals surface area contributed by atoms with E-state index in [2.05, 4.69) is 4.98 Å². The van der Waals surface area contributed by atoms with E-state index in [4.69, 9.17) is 0 Å². The summed E-state index contributed by atoms with van der Waals surface area (Å²) in [7, 11) is -2.95. The van der Waals surface area contributed by atoms with Gasteiger partial charge >= 0.3 is 0 Å². The van der Waals surface area contributed by atoms with Crippen molar-refractivity contribution in [1.29, 1.82) is 0 Å². The molecule has 6 heteroatoms. The second-order valence-corrected chi connectivity index (χ2v) is 6.20. The van der Waals surface area contributed by atoms with Crippen LogP contribution in [0.5, 0.6) is 0 Å². The van der Waals surface area contributed by atoms with Crippen molar-refractivity contribution in [2.75, 3.05) is 23.0 Å². The van der Waals surface area contributed by atoms with Crippen LogP contribution >= 0.6 is 0 Å². The summed E-state index contributed by atoms with van der Waals surface area (Å²) in [5.41, 5.74) is 0. The molecule has 1 aliphatic rings. The van der Waals surface area contributed by atoms with Gasteiger partial charge in [-0.2, -0.15) is 4.39 Å². The average Bonchev–Trinajstić information content (AvgIpc) is 2.15. The van der Waals surface area contributed by atoms with Crippen molar-refractivity contribution >= 4 is 15.7 Å². The molecule has 0 aliphatic carbocycles. The maximum Gasteiger partial charge on any atom is 0.214 e. The molecule has 1 unspecified atom stereocenters. The number of aromatic nitrogens is 1. The zero-order valence-electron chi connectivity index (χ0n) is 8.93. The first kappa shape index (κ1) is 11.3. The Morgan fingerprint density at radius 1 is 1.50 bits per heavy atom. The maximum atomic E-state index is 12.9. The summed E-state index contributed by atoms with van der Waals surface area (Å²) in [4.78, 5) is 5.58. The molecular formula is C10H13FN2O2S. The smallest absolute Gasteiger partial charge is 0.214 e. The van der Waals surface area contributed by atoms with Crippen molar-refractivity contribution in [3.05, 3.63) is 24.1 Å². The van der Waals surface area contributed by atoms with Crippen LogP contribution in [-0.4, -0.2) is 37.5 Å². The monoisotopic (exact) mass is 244 g/mol. The van der Waals surface area contributed by atoms with Gasteiger partial charge in [-0.3, -0.25) is 0 Å². The van der Waals surface area contributed by atoms with E-state index in [1.807, 2.05) is 11.8 Å². The van der Waals surface area contributed by atoms with Gasteiger partial charge in [0, 0.05) is 12.6 Å². The van der Waals surface area contributed by atoms with Gasteiger partial charge in [0.2, 0.25) is 5.95 Å². The summed E-state index contributed by atoms with van der Waals surface area (Å²) in [5, 5.41) is 0. The largest absolute Gasteiger partial charge is 0.352 e. The topological polar surface area (TPSA) is 50.3 Å². The van der Waals surface area contributed by atoms with Crippen molar-refractivity contribution in [3.63, 3.8) is 0 Å². The Balaban J connectivity index is 2.24. The van der Waals surface area contributed by atoms with E-state index >= 15 is 0 Å². The van der Waals surface area contributed by atoms with Crippen LogP contribution in [0.3, 0.4) is 0 Å². The van der Waals surface area contributed by atoms with E-state index in [0.717, 1.165) is 0 Å². The first-order valence-corrected chi connectivity index (χ1v) is 6.90. The first-order valence-electron chi connectivity index (χ1n) is 5.07. The fourth-order valence-corrected chi connectivity index (χ4v) is 3.45. The summed E-state index contributed by atoms with van der Waals surface area (Å²) in [5.74, 6) is 0.168. The minimum atomic E-state index is -2.95. The Hall–Kier alpha value is -1.17. The van der Waals surface area contributed by atoms with Crippen LogP contribution < -0.4 is 4.90 Å². The lowest BCUT2D eigenvalue weighted by Crippen LogP contribution is -2.47. The molecule has 1 aromatic heterocycles. The molecule has 2 rings (SSSR count). The molecule has 1 atom stereocenters. The molecule has 16 heavy (non-hydrogen) atoms. The molecule has 0 spiro atoms. The third-order valence-corrected chi connectivity index (χ3v) is 4.46. The van der Waals surface area contributed by atoms with E-state index in [0.29, 0.717) is 12.4 Å². The highest BCUT2D eigenvalue weighted by atomic mass is 32.2. The lowest BCUT2D eigenvalue weighted by molar-refractivity contribution is 0.557. The molecular weight excluding hydrogens is 231 g/mol. The Morgan fingerprint density at radius 2 is 2.25 bits per heavy atom. The minimum Gasteiger partial charge on any atom is -0.352 e. The minimum absolute atomic E-state index is 0.102. The van der Waals surface area contributed by atoms with Gasteiger partial charge in [0.25, 0.3) is 0 Å². The predicted molar refractivity (Wildman–Crippen MR) is 59.7 cm³/mol. The van der Waals surface area contributed by atoms with E-state index in [1.54, 1.807) is 12.1 Å². The van der Waals surface area contributed by atoms with E-state index < -0.39 is 15.8 Å². The van der Waals surface area contributed by atoms with E-state index in [9.17, 15) is 12.8 Å². The molecule has 0 N–H and O–H groups in total. The van der Waals surface area contributed by atoms with Crippen LogP contribution in [0.15, 0.2) is 18.2 Å². The van der Waals surface area contributed by atoms with Gasteiger partial charge in [0.1, 0.15) is 5.82 Å². The Labute approximate surface area is 94.0 Å². The molecule has 2 heterocycles. The molecule has 0 radical (unpaired) electrons. The van der Waals surface area contributed by atoms with Crippen LogP contribution in [-0.2, 0) is 9.84 Å². The molecule has 1 aliphatic heterocycles. The van der Waals surface area contributed by atoms with E-state index in [1.165, 1.54) is 6.07 Å². The van der Waals surface area contributed by atoms with Gasteiger partial charge in [-0.05, 0) is 19.1 Å². The first-order chi connectivity index (χ1) is 7.48. The fourth-order valence-electron chi connectivity index (χ4n) is 1.90. The maximum absolute atomic E-state index is 12.9. The second-order valence-electron chi connectivity index (χ2n) is 3.98. The predicted octanol–water partition coefficient (Wildman–Crippen LogP) is 0.844. The number of hydrogen-bond acceptors (Lipinski definition) is 4. The highest BCUT2D eigenvalue weighted by Crippen LogP contribution is 2.19. The highest BCUT2D eigenvalue weighted by molar-refractivity contribution is 7.91. The zero-order valence-corrected chi connectivity index (χ0v) is 9.74. The van der Waals surface area contributed by atoms with Crippen molar-refractivity contribution in [3.8, 4) is 0 Å². The van der Waals surface area contributed by atoms with Gasteiger partial charge in [-0.15, -0.1) is 0 Å². The molecule has 1 aromatic rings. The molecule has 0 amide bonds. The number of hydrogen-bond donors (Lipinski definition) is 0. The number of sulfone groups is 1. The molecule has 88 valence electrons. The van der Waals surface area contributed by atoms with E-state index in [-0.39, 0.29) is 17.5 Å². The molecule has 1 saturated heterocycles. The standard InChI is InChI=1S/C10H13FN2O2S/c1-8-7-16(14,15)6-5-13(8)10-4-2-3-9(11)12-10/h2-4,8H,5-7H2,1H3. The van der Waals surface area contributed by atoms with Crippen LogP contribution in [0.4, 0.5) is 10.2 Å². The Morgan fingerprint density at radius 3 is 2.88 bits per heavy atom. The van der Waals surface area contributed by atoms with Crippen LogP contribution in [0.25, 0.3) is 0 Å². The summed E-state index contributed by atoms with van der Waals surface area (Å²) in [6.45, 7) is 2.18. The number of pyridine rings is 1. The summed E-state index contributed by atoms with van der Waals surface area (Å²) in [6.07, 6.45) is 0. The number of anilines is 1. The quantitative estimate of drug-likeness (QED) is 0.687. The van der Waals surface area contributed by atoms with Crippen LogP contribution in [0.2, 0.25) is 0 Å². The summed E-state index contributed by atoms with van der Waals surface area (Å²) < 4.78 is 35.7. The summed E-state index contributed by atoms with van der Waals surface area (Å²) >= 11 is 0. The average molecular weight is 244 g/mol. The Kier molecular flexibility index (Phi) is 2.84. The highest BCUT2D eigenvalue weighted by Gasteiger charge is 2.28. The molecule has 0 saturated carbocycles. The van der Waals surface area contributed by atoms with Gasteiger partial charge in [-0.25, -0.2) is 13.4 Å². The third-order valence-electron chi connectivity index (χ3n) is 2.67. The van der Waals surface area contributed by atoms with Crippen molar-refractivity contribution in [2.45, 2.75) is 13.0 Å². The van der Waals surface area contributed by atoms with Crippen molar-refractivity contribution in [2.24, 2.45) is 0 Å². The fraction of sp³-hybridized carbons (Fsp3) is 0.500. The van der Waals surface area contributed by atoms with Crippen LogP contribution in [0.1, 0.15) is 6.92 Å². The molecule has 0 aromatic carbocycles. The lowest BCUT2D eigenvalue weighted by atomic mass is 10.3. The normalized spacial score (nSPS) is 24.4. The van der Waals surface area contributed by atoms with Gasteiger partial charge in [-0.1, -0.05) is 6.07 Å². The lowest BCUT2D eigenvalue weighted by Gasteiger charge is -2.33. The number of rotatable bonds is 1. The Bertz CT molecular complexity index is 489. The molecule has 4 nitrogen and oxygen atoms in total. The van der Waals surface area contributed by atoms with Gasteiger partial charge in [0.15, 0.2) is 9.84 Å². The van der Waals surface area contributed by atoms with Gasteiger partial charge < -0.3 is 4.90 Å². The van der Waals surface area contributed by atoms with Gasteiger partial charge in [0.05, 0.1) is 11.5 Å². The molecule has 0 bridgehead atoms. The molecule has 1 fully saturated rings. The number of halogens is 1. The summed E-state index contributed by atoms with van der Waals surface area (Å²) in [6, 6.07) is 4.38. The zero-order chi connectivity index (χ0) is 11.8. The number of nitrogens with zero attached hydrogens (tertiary/aromatic N) is 2.